The molecule has 1 aliphatic rings. The fraction of sp³-hybridized carbons (Fsp3) is 0.455. The molecule has 3 nitrogen and oxygen atoms in total. The van der Waals surface area contributed by atoms with E-state index in [1.807, 2.05) is 18.2 Å². The molecular weight excluding hydrogens is 256 g/mol. The van der Waals surface area contributed by atoms with Gasteiger partial charge in [0.25, 0.3) is 0 Å². The first-order valence-electron chi connectivity index (χ1n) is 5.10. The van der Waals surface area contributed by atoms with Gasteiger partial charge in [0.15, 0.2) is 0 Å². The van der Waals surface area contributed by atoms with Crippen molar-refractivity contribution >= 4 is 21.6 Å². The van der Waals surface area contributed by atoms with Crippen LogP contribution in [0.4, 0.5) is 5.69 Å². The van der Waals surface area contributed by atoms with E-state index in [0.717, 1.165) is 36.0 Å². The maximum absolute atomic E-state index is 10.5. The quantitative estimate of drug-likeness (QED) is 0.680. The lowest BCUT2D eigenvalue weighted by Gasteiger charge is -2.33. The Morgan fingerprint density at radius 3 is 2.60 bits per heavy atom. The molecule has 0 unspecified atom stereocenters. The second-order valence-corrected chi connectivity index (χ2v) is 4.93. The largest absolute Gasteiger partial charge is 0.398 e. The van der Waals surface area contributed by atoms with Gasteiger partial charge in [0, 0.05) is 15.7 Å². The fourth-order valence-corrected chi connectivity index (χ4v) is 2.45. The Morgan fingerprint density at radius 2 is 2.00 bits per heavy atom. The topological polar surface area (TPSA) is 58.3 Å². The van der Waals surface area contributed by atoms with Crippen molar-refractivity contribution in [1.82, 2.24) is 5.32 Å². The zero-order valence-electron chi connectivity index (χ0n) is 8.46. The Morgan fingerprint density at radius 1 is 1.33 bits per heavy atom. The molecule has 15 heavy (non-hydrogen) atoms. The maximum atomic E-state index is 10.5. The van der Waals surface area contributed by atoms with Gasteiger partial charge in [0.2, 0.25) is 0 Å². The molecule has 0 aliphatic carbocycles. The molecule has 4 N–H and O–H groups in total. The van der Waals surface area contributed by atoms with Gasteiger partial charge in [-0.15, -0.1) is 0 Å². The molecule has 1 heterocycles. The lowest BCUT2D eigenvalue weighted by molar-refractivity contribution is 0.00665. The highest BCUT2D eigenvalue weighted by atomic mass is 79.9. The maximum Gasteiger partial charge on any atom is 0.0940 e. The van der Waals surface area contributed by atoms with Crippen LogP contribution in [0.2, 0.25) is 0 Å². The molecule has 0 saturated carbocycles. The molecular formula is C11H15BrN2O. The summed E-state index contributed by atoms with van der Waals surface area (Å²) in [5, 5.41) is 13.7. The van der Waals surface area contributed by atoms with Crippen LogP contribution in [0.1, 0.15) is 18.4 Å². The second kappa shape index (κ2) is 4.12. The number of hydrogen-bond acceptors (Lipinski definition) is 3. The summed E-state index contributed by atoms with van der Waals surface area (Å²) >= 11 is 3.36. The van der Waals surface area contributed by atoms with Crippen LogP contribution >= 0.6 is 15.9 Å². The van der Waals surface area contributed by atoms with E-state index in [2.05, 4.69) is 21.2 Å². The van der Waals surface area contributed by atoms with Gasteiger partial charge in [-0.25, -0.2) is 0 Å². The van der Waals surface area contributed by atoms with Crippen LogP contribution < -0.4 is 11.1 Å². The number of aliphatic hydroxyl groups is 1. The van der Waals surface area contributed by atoms with Gasteiger partial charge in [-0.2, -0.15) is 0 Å². The number of nitrogens with one attached hydrogen (secondary N) is 1. The van der Waals surface area contributed by atoms with E-state index in [1.54, 1.807) is 0 Å². The number of anilines is 1. The average molecular weight is 271 g/mol. The minimum atomic E-state index is -0.754. The summed E-state index contributed by atoms with van der Waals surface area (Å²) in [6, 6.07) is 5.67. The first-order valence-corrected chi connectivity index (χ1v) is 5.90. The van der Waals surface area contributed by atoms with Crippen molar-refractivity contribution < 1.29 is 5.11 Å². The molecule has 4 heteroatoms. The van der Waals surface area contributed by atoms with Crippen LogP contribution in [-0.4, -0.2) is 18.2 Å². The smallest absolute Gasteiger partial charge is 0.0940 e. The van der Waals surface area contributed by atoms with Gasteiger partial charge in [0.1, 0.15) is 0 Å². The lowest BCUT2D eigenvalue weighted by Crippen LogP contribution is -2.40. The van der Waals surface area contributed by atoms with Crippen LogP contribution in [-0.2, 0) is 5.60 Å². The molecule has 0 bridgehead atoms. The molecule has 1 aromatic rings. The number of benzene rings is 1. The van der Waals surface area contributed by atoms with Crippen molar-refractivity contribution in [3.8, 4) is 0 Å². The zero-order chi connectivity index (χ0) is 10.9. The van der Waals surface area contributed by atoms with Crippen molar-refractivity contribution in [2.24, 2.45) is 0 Å². The molecule has 1 saturated heterocycles. The van der Waals surface area contributed by atoms with Gasteiger partial charge >= 0.3 is 0 Å². The summed E-state index contributed by atoms with van der Waals surface area (Å²) in [5.74, 6) is 0. The molecule has 0 radical (unpaired) electrons. The van der Waals surface area contributed by atoms with Gasteiger partial charge in [-0.1, -0.05) is 22.0 Å². The van der Waals surface area contributed by atoms with E-state index in [-0.39, 0.29) is 0 Å². The van der Waals surface area contributed by atoms with E-state index in [1.165, 1.54) is 0 Å². The minimum absolute atomic E-state index is 0.661. The summed E-state index contributed by atoms with van der Waals surface area (Å²) in [6.45, 7) is 1.68. The van der Waals surface area contributed by atoms with E-state index < -0.39 is 5.60 Å². The fourth-order valence-electron chi connectivity index (χ4n) is 2.07. The van der Waals surface area contributed by atoms with Crippen molar-refractivity contribution in [3.63, 3.8) is 0 Å². The highest BCUT2D eigenvalue weighted by Crippen LogP contribution is 2.35. The van der Waals surface area contributed by atoms with Gasteiger partial charge in [-0.3, -0.25) is 0 Å². The van der Waals surface area contributed by atoms with Crippen molar-refractivity contribution in [3.05, 3.63) is 28.2 Å². The van der Waals surface area contributed by atoms with Gasteiger partial charge < -0.3 is 16.2 Å². The van der Waals surface area contributed by atoms with E-state index in [0.29, 0.717) is 5.69 Å². The van der Waals surface area contributed by atoms with Crippen molar-refractivity contribution in [2.45, 2.75) is 18.4 Å². The number of hydrogen-bond donors (Lipinski definition) is 3. The molecule has 0 amide bonds. The van der Waals surface area contributed by atoms with Crippen LogP contribution in [0, 0.1) is 0 Å². The minimum Gasteiger partial charge on any atom is -0.398 e. The molecule has 82 valence electrons. The van der Waals surface area contributed by atoms with E-state index in [4.69, 9.17) is 5.73 Å². The highest BCUT2D eigenvalue weighted by molar-refractivity contribution is 9.10. The van der Waals surface area contributed by atoms with Gasteiger partial charge in [0.05, 0.1) is 5.60 Å². The van der Waals surface area contributed by atoms with E-state index in [9.17, 15) is 5.11 Å². The second-order valence-electron chi connectivity index (χ2n) is 4.01. The molecule has 2 rings (SSSR count). The van der Waals surface area contributed by atoms with Crippen LogP contribution in [0.25, 0.3) is 0 Å². The summed E-state index contributed by atoms with van der Waals surface area (Å²) in [4.78, 5) is 0. The third kappa shape index (κ3) is 2.17. The summed E-state index contributed by atoms with van der Waals surface area (Å²) in [5.41, 5.74) is 6.69. The van der Waals surface area contributed by atoms with Crippen molar-refractivity contribution in [2.75, 3.05) is 18.8 Å². The van der Waals surface area contributed by atoms with Crippen molar-refractivity contribution in [1.29, 1.82) is 0 Å². The first kappa shape index (κ1) is 10.9. The summed E-state index contributed by atoms with van der Waals surface area (Å²) in [7, 11) is 0. The Hall–Kier alpha value is -0.580. The Labute approximate surface area is 97.8 Å². The SMILES string of the molecule is Nc1cc(Br)ccc1C1(O)CCNCC1. The third-order valence-corrected chi connectivity index (χ3v) is 3.44. The van der Waals surface area contributed by atoms with E-state index >= 15 is 0 Å². The Kier molecular flexibility index (Phi) is 3.00. The molecule has 1 aliphatic heterocycles. The van der Waals surface area contributed by atoms with Gasteiger partial charge in [-0.05, 0) is 38.1 Å². The normalized spacial score (nSPS) is 20.1. The zero-order valence-corrected chi connectivity index (χ0v) is 10.0. The number of piperidine rings is 1. The Bertz CT molecular complexity index is 362. The predicted molar refractivity (Wildman–Crippen MR) is 64.6 cm³/mol. The Balaban J connectivity index is 2.35. The monoisotopic (exact) mass is 270 g/mol. The number of halogens is 1. The lowest BCUT2D eigenvalue weighted by atomic mass is 9.84. The molecule has 1 fully saturated rings. The standard InChI is InChI=1S/C11H15BrN2O/c12-8-1-2-9(10(13)7-8)11(15)3-5-14-6-4-11/h1-2,7,14-15H,3-6,13H2. The summed E-state index contributed by atoms with van der Waals surface area (Å²) < 4.78 is 0.946. The predicted octanol–water partition coefficient (Wildman–Crippen LogP) is 1.60. The number of nitrogen functional groups attached to an aromatic ring is 1. The number of rotatable bonds is 1. The number of nitrogens with two attached hydrogens (primary N) is 1. The molecule has 0 atom stereocenters. The van der Waals surface area contributed by atoms with Crippen LogP contribution in [0.15, 0.2) is 22.7 Å². The average Bonchev–Trinajstić information content (AvgIpc) is 2.18. The molecule has 1 aromatic carbocycles. The molecule has 0 spiro atoms. The van der Waals surface area contributed by atoms with Crippen LogP contribution in [0.3, 0.4) is 0 Å². The first-order chi connectivity index (χ1) is 7.12. The third-order valence-electron chi connectivity index (χ3n) is 2.95. The highest BCUT2D eigenvalue weighted by Gasteiger charge is 2.32. The summed E-state index contributed by atoms with van der Waals surface area (Å²) in [6.07, 6.45) is 1.44. The molecule has 0 aromatic heterocycles. The van der Waals surface area contributed by atoms with Crippen LogP contribution in [0.5, 0.6) is 0 Å².